The smallest absolute Gasteiger partial charge is 0.146 e. The molecule has 696 valence electrons. The van der Waals surface area contributed by atoms with Gasteiger partial charge in [0.15, 0.2) is 0 Å². The second-order valence-electron chi connectivity index (χ2n) is 29.9. The van der Waals surface area contributed by atoms with E-state index in [2.05, 4.69) is 304 Å². The van der Waals surface area contributed by atoms with Crippen LogP contribution in [0.2, 0.25) is 0 Å². The molecule has 135 heavy (non-hydrogen) atoms. The maximum atomic E-state index is 5.17. The fourth-order valence-corrected chi connectivity index (χ4v) is 20.2. The van der Waals surface area contributed by atoms with E-state index < -0.39 is 0 Å². The minimum atomic E-state index is 0.974. The van der Waals surface area contributed by atoms with E-state index in [0.717, 1.165) is 72.0 Å². The van der Waals surface area contributed by atoms with Crippen molar-refractivity contribution in [3.8, 4) is 66.8 Å². The molecule has 0 radical (unpaired) electrons. The average molecular weight is 1780 g/mol. The summed E-state index contributed by atoms with van der Waals surface area (Å²) in [5, 5.41) is 11.9. The van der Waals surface area contributed by atoms with Crippen LogP contribution in [0.25, 0.3) is 182 Å². The van der Waals surface area contributed by atoms with E-state index in [0.29, 0.717) is 0 Å². The zero-order valence-corrected chi connectivity index (χ0v) is 87.1. The van der Waals surface area contributed by atoms with Crippen LogP contribution in [-0.2, 0) is 38.5 Å². The third kappa shape index (κ3) is 18.2. The van der Waals surface area contributed by atoms with Crippen molar-refractivity contribution in [2.45, 2.75) is 246 Å². The predicted octanol–water partition coefficient (Wildman–Crippen LogP) is 39.2. The summed E-state index contributed by atoms with van der Waals surface area (Å²) in [7, 11) is 0. The summed E-state index contributed by atoms with van der Waals surface area (Å²) < 4.78 is 7.18. The molecule has 0 bridgehead atoms. The zero-order valence-electron chi connectivity index (χ0n) is 87.1. The fraction of sp³-hybridized carbons (Fsp3) is 0.279. The van der Waals surface area contributed by atoms with Crippen molar-refractivity contribution in [3.05, 3.63) is 358 Å². The molecule has 6 heteroatoms. The van der Waals surface area contributed by atoms with Gasteiger partial charge in [0, 0.05) is 37.7 Å². The Morgan fingerprint density at radius 3 is 0.800 bits per heavy atom. The molecule has 27 rings (SSSR count). The van der Waals surface area contributed by atoms with Crippen molar-refractivity contribution in [2.75, 3.05) is 0 Å². The number of hydrogen-bond acceptors (Lipinski definition) is 3. The van der Waals surface area contributed by atoms with Crippen LogP contribution in [0.4, 0.5) is 0 Å². The summed E-state index contributed by atoms with van der Waals surface area (Å²) >= 11 is 0. The number of hydrogen-bond donors (Lipinski definition) is 0. The van der Waals surface area contributed by atoms with Crippen LogP contribution in [-0.4, -0.2) is 28.2 Å². The van der Waals surface area contributed by atoms with Crippen molar-refractivity contribution in [2.24, 2.45) is 0 Å². The second-order valence-corrected chi connectivity index (χ2v) is 29.9. The number of nitrogens with zero attached hydrogens (tertiary/aromatic N) is 6. The van der Waals surface area contributed by atoms with Crippen LogP contribution in [0.3, 0.4) is 0 Å². The third-order valence-corrected chi connectivity index (χ3v) is 24.6. The maximum Gasteiger partial charge on any atom is 0.146 e. The summed E-state index contributed by atoms with van der Waals surface area (Å²) in [5.74, 6) is 0. The first-order valence-corrected chi connectivity index (χ1v) is 52.0. The normalized spacial score (nSPS) is 11.2. The minimum Gasteiger partial charge on any atom is -0.292 e. The number of imidazole rings is 3. The lowest BCUT2D eigenvalue weighted by molar-refractivity contribution is 1.25. The molecule has 0 unspecified atom stereocenters. The Labute approximate surface area is 808 Å². The van der Waals surface area contributed by atoms with E-state index in [4.69, 9.17) is 15.0 Å². The highest BCUT2D eigenvalue weighted by Crippen LogP contribution is 2.53. The number of benzene rings is 15. The van der Waals surface area contributed by atoms with Crippen LogP contribution in [0.5, 0.6) is 0 Å². The summed E-state index contributed by atoms with van der Waals surface area (Å²) in [4.78, 5) is 15.5. The molecule has 0 amide bonds. The lowest BCUT2D eigenvalue weighted by Crippen LogP contribution is -1.97. The molecule has 21 aromatic rings. The van der Waals surface area contributed by atoms with Crippen LogP contribution in [0, 0.1) is 0 Å². The van der Waals surface area contributed by atoms with Crippen molar-refractivity contribution in [3.63, 3.8) is 0 Å². The number of pyridine rings is 3. The van der Waals surface area contributed by atoms with Gasteiger partial charge in [-0.3, -0.25) is 13.2 Å². The number of rotatable bonds is 0. The van der Waals surface area contributed by atoms with Crippen LogP contribution < -0.4 is 0 Å². The Bertz CT molecular complexity index is 7600. The number of para-hydroxylation sites is 6. The van der Waals surface area contributed by atoms with Gasteiger partial charge in [-0.2, -0.15) is 0 Å². The molecule has 0 N–H and O–H groups in total. The van der Waals surface area contributed by atoms with E-state index in [-0.39, 0.29) is 0 Å². The molecular formula is C129H150N6. The van der Waals surface area contributed by atoms with Gasteiger partial charge in [-0.25, -0.2) is 15.0 Å². The topological polar surface area (TPSA) is 51.9 Å². The molecule has 15 aromatic carbocycles. The summed E-state index contributed by atoms with van der Waals surface area (Å²) in [6, 6.07) is 107. The molecule has 0 fully saturated rings. The number of aromatic nitrogens is 6. The molecule has 6 heterocycles. The quantitative estimate of drug-likeness (QED) is 0.142. The monoisotopic (exact) mass is 1780 g/mol. The SMILES string of the molecule is CC.CC.CC.CC.CC.CC.CC.CC.CC.CC.CC.CC.CC.CC.CC.c1ccc2c(c1)Cc1c-2ccc2c1c1c3c(ccc1c1nc4ccccc4n21)Cc1ccccc1-3.c1ccc2c(c1)Cc1cc3c(cc1-2)c1c2c(ccc1n1c4ccccc4nc31)-c1ccccc1C2.c1ccc2c(c1)Cc1cc3c(cc1-2)c1c2c(ccc1n1c4ccccc4nc31)Cc1ccccc1-2. The molecular weight excluding hydrogens is 1630 g/mol. The minimum absolute atomic E-state index is 0.974. The summed E-state index contributed by atoms with van der Waals surface area (Å²) in [5.41, 5.74) is 47.2. The van der Waals surface area contributed by atoms with E-state index in [1.54, 1.807) is 0 Å². The largest absolute Gasteiger partial charge is 0.292 e. The first kappa shape index (κ1) is 104. The van der Waals surface area contributed by atoms with Crippen molar-refractivity contribution >= 4 is 115 Å². The fourth-order valence-electron chi connectivity index (χ4n) is 20.2. The van der Waals surface area contributed by atoms with Crippen molar-refractivity contribution in [1.29, 1.82) is 0 Å². The molecule has 0 aliphatic heterocycles. The van der Waals surface area contributed by atoms with Crippen LogP contribution >= 0.6 is 0 Å². The molecule has 6 aliphatic carbocycles. The molecule has 6 aromatic heterocycles. The molecule has 0 saturated heterocycles. The first-order chi connectivity index (χ1) is 67.1. The third-order valence-electron chi connectivity index (χ3n) is 24.6. The maximum absolute atomic E-state index is 5.17. The first-order valence-electron chi connectivity index (χ1n) is 52.0. The highest BCUT2D eigenvalue weighted by atomic mass is 15.0. The van der Waals surface area contributed by atoms with Gasteiger partial charge >= 0.3 is 0 Å². The summed E-state index contributed by atoms with van der Waals surface area (Å²) in [6.07, 6.45) is 5.93. The van der Waals surface area contributed by atoms with Gasteiger partial charge in [0.2, 0.25) is 0 Å². The van der Waals surface area contributed by atoms with Gasteiger partial charge in [-0.15, -0.1) is 0 Å². The Kier molecular flexibility index (Phi) is 37.7. The second kappa shape index (κ2) is 49.1. The Hall–Kier alpha value is -13.3. The Balaban J connectivity index is 0.000000184. The van der Waals surface area contributed by atoms with Crippen LogP contribution in [0.1, 0.15) is 274 Å². The van der Waals surface area contributed by atoms with Gasteiger partial charge in [0.1, 0.15) is 16.9 Å². The van der Waals surface area contributed by atoms with Crippen LogP contribution in [0.15, 0.2) is 291 Å². The Morgan fingerprint density at radius 1 is 0.163 bits per heavy atom. The average Bonchev–Trinajstić information content (AvgIpc) is 1.57. The van der Waals surface area contributed by atoms with Gasteiger partial charge in [-0.1, -0.05) is 420 Å². The highest BCUT2D eigenvalue weighted by molar-refractivity contribution is 6.25. The van der Waals surface area contributed by atoms with Gasteiger partial charge in [0.05, 0.1) is 49.7 Å². The van der Waals surface area contributed by atoms with E-state index >= 15 is 0 Å². The summed E-state index contributed by atoms with van der Waals surface area (Å²) in [6.45, 7) is 60.0. The predicted molar refractivity (Wildman–Crippen MR) is 603 cm³/mol. The Morgan fingerprint density at radius 2 is 0.422 bits per heavy atom. The molecule has 6 aliphatic rings. The zero-order chi connectivity index (χ0) is 98.0. The van der Waals surface area contributed by atoms with Crippen molar-refractivity contribution < 1.29 is 0 Å². The molecule has 6 nitrogen and oxygen atoms in total. The van der Waals surface area contributed by atoms with Crippen molar-refractivity contribution in [1.82, 2.24) is 28.2 Å². The standard InChI is InChI=1S/3C33H20N2.15C2H6/c1-4-10-23-19(7-1)15-21-17-28-27(18-25(21)23)32-26-16-20-8-2-3-9-22(20)24(26)13-14-31(32)35-30-12-6-5-11-29(30)34-33(28)35;1-3-9-22-20(8-1)18-26-24(22)15-16-29-31(26)32-25(33-34-27-11-5-6-12-28(27)35(29)33)14-13-21-17-19-7-2-4-10-23(19)30(21)32;1-3-9-23-19(7-1)16-22-17-27-26(18-25(22)23)32-30(35-29-12-6-5-11-28(29)34-33(27)35)14-13-21-15-20-8-2-4-10-24(20)31(21)32;15*1-2/h1-14,17-18H,15-16H2;1-16H,17-18H2;1-14,17-18H,15-16H2;15*1-2H3. The number of fused-ring (bicyclic) bond motifs is 46. The van der Waals surface area contributed by atoms with Gasteiger partial charge < -0.3 is 0 Å². The molecule has 0 spiro atoms. The van der Waals surface area contributed by atoms with E-state index in [1.807, 2.05) is 208 Å². The lowest BCUT2D eigenvalue weighted by atomic mass is 9.91. The molecule has 0 saturated carbocycles. The lowest BCUT2D eigenvalue weighted by Gasteiger charge is -2.16. The molecule has 0 atom stereocenters. The van der Waals surface area contributed by atoms with E-state index in [1.165, 1.54) is 215 Å². The van der Waals surface area contributed by atoms with E-state index in [9.17, 15) is 0 Å². The van der Waals surface area contributed by atoms with Gasteiger partial charge in [0.25, 0.3) is 0 Å². The van der Waals surface area contributed by atoms with Gasteiger partial charge in [-0.05, 0) is 262 Å². The highest BCUT2D eigenvalue weighted by Gasteiger charge is 2.33.